The highest BCUT2D eigenvalue weighted by Crippen LogP contribution is 2.17. The van der Waals surface area contributed by atoms with E-state index < -0.39 is 6.04 Å². The van der Waals surface area contributed by atoms with Crippen molar-refractivity contribution in [2.45, 2.75) is 52.8 Å². The molecule has 0 aliphatic rings. The SMILES string of the molecule is Cc1cc(C)cc(CSCC(=O)N(CCc2ccccc2)C(C)C(=O)NCC(C)C)c1. The molecule has 4 nitrogen and oxygen atoms in total. The monoisotopic (exact) mass is 440 g/mol. The number of carbonyl (C=O) groups excluding carboxylic acids is 2. The van der Waals surface area contributed by atoms with Gasteiger partial charge in [0.05, 0.1) is 5.75 Å². The molecule has 1 unspecified atom stereocenters. The van der Waals surface area contributed by atoms with Gasteiger partial charge in [-0.15, -0.1) is 11.8 Å². The number of benzene rings is 2. The third kappa shape index (κ3) is 8.78. The lowest BCUT2D eigenvalue weighted by atomic mass is 10.1. The van der Waals surface area contributed by atoms with Gasteiger partial charge in [0.1, 0.15) is 6.04 Å². The summed E-state index contributed by atoms with van der Waals surface area (Å²) < 4.78 is 0. The number of rotatable bonds is 11. The van der Waals surface area contributed by atoms with Gasteiger partial charge >= 0.3 is 0 Å². The third-order valence-corrected chi connectivity index (χ3v) is 6.10. The second-order valence-electron chi connectivity index (χ2n) is 8.63. The van der Waals surface area contributed by atoms with Gasteiger partial charge in [-0.1, -0.05) is 73.5 Å². The topological polar surface area (TPSA) is 49.4 Å². The van der Waals surface area contributed by atoms with Crippen LogP contribution in [0, 0.1) is 19.8 Å². The number of hydrogen-bond acceptors (Lipinski definition) is 3. The summed E-state index contributed by atoms with van der Waals surface area (Å²) in [7, 11) is 0. The Morgan fingerprint density at radius 1 is 0.968 bits per heavy atom. The van der Waals surface area contributed by atoms with Gasteiger partial charge in [0.15, 0.2) is 0 Å². The van der Waals surface area contributed by atoms with Crippen molar-refractivity contribution in [2.75, 3.05) is 18.8 Å². The Bertz CT molecular complexity index is 831. The predicted molar refractivity (Wildman–Crippen MR) is 131 cm³/mol. The summed E-state index contributed by atoms with van der Waals surface area (Å²) >= 11 is 1.61. The number of thioether (sulfide) groups is 1. The van der Waals surface area contributed by atoms with E-state index in [1.54, 1.807) is 16.7 Å². The molecule has 0 aromatic heterocycles. The van der Waals surface area contributed by atoms with E-state index in [4.69, 9.17) is 0 Å². The summed E-state index contributed by atoms with van der Waals surface area (Å²) in [4.78, 5) is 27.5. The predicted octanol–water partition coefficient (Wildman–Crippen LogP) is 4.77. The Labute approximate surface area is 191 Å². The van der Waals surface area contributed by atoms with Gasteiger partial charge < -0.3 is 10.2 Å². The van der Waals surface area contributed by atoms with Crippen LogP contribution >= 0.6 is 11.8 Å². The van der Waals surface area contributed by atoms with Gasteiger partial charge in [-0.25, -0.2) is 0 Å². The largest absolute Gasteiger partial charge is 0.354 e. The number of nitrogens with zero attached hydrogens (tertiary/aromatic N) is 1. The lowest BCUT2D eigenvalue weighted by molar-refractivity contribution is -0.138. The first-order valence-corrected chi connectivity index (χ1v) is 12.2. The first-order valence-electron chi connectivity index (χ1n) is 11.0. The molecule has 0 aliphatic carbocycles. The van der Waals surface area contributed by atoms with E-state index in [9.17, 15) is 9.59 Å². The molecule has 2 rings (SSSR count). The van der Waals surface area contributed by atoms with Crippen LogP contribution in [0.2, 0.25) is 0 Å². The molecule has 2 aromatic carbocycles. The molecule has 1 N–H and O–H groups in total. The average molecular weight is 441 g/mol. The van der Waals surface area contributed by atoms with Crippen molar-refractivity contribution in [1.82, 2.24) is 10.2 Å². The molecule has 5 heteroatoms. The Balaban J connectivity index is 2.00. The van der Waals surface area contributed by atoms with E-state index in [0.29, 0.717) is 24.8 Å². The van der Waals surface area contributed by atoms with Crippen LogP contribution in [0.3, 0.4) is 0 Å². The normalized spacial score (nSPS) is 11.9. The Morgan fingerprint density at radius 2 is 1.61 bits per heavy atom. The van der Waals surface area contributed by atoms with Crippen molar-refractivity contribution in [3.8, 4) is 0 Å². The van der Waals surface area contributed by atoms with Crippen LogP contribution in [-0.4, -0.2) is 41.6 Å². The van der Waals surface area contributed by atoms with Crippen LogP contribution < -0.4 is 5.32 Å². The minimum atomic E-state index is -0.489. The Kier molecular flexibility index (Phi) is 10.1. The molecule has 31 heavy (non-hydrogen) atoms. The van der Waals surface area contributed by atoms with Crippen LogP contribution in [0.15, 0.2) is 48.5 Å². The van der Waals surface area contributed by atoms with E-state index in [0.717, 1.165) is 17.7 Å². The van der Waals surface area contributed by atoms with Gasteiger partial charge in [-0.3, -0.25) is 9.59 Å². The van der Waals surface area contributed by atoms with Gasteiger partial charge in [-0.05, 0) is 44.2 Å². The molecule has 0 heterocycles. The highest BCUT2D eigenvalue weighted by Gasteiger charge is 2.25. The van der Waals surface area contributed by atoms with E-state index in [1.165, 1.54) is 16.7 Å². The van der Waals surface area contributed by atoms with Gasteiger partial charge in [0.2, 0.25) is 11.8 Å². The number of hydrogen-bond donors (Lipinski definition) is 1. The fourth-order valence-electron chi connectivity index (χ4n) is 3.51. The maximum absolute atomic E-state index is 13.1. The van der Waals surface area contributed by atoms with Crippen LogP contribution in [0.4, 0.5) is 0 Å². The van der Waals surface area contributed by atoms with Crippen molar-refractivity contribution >= 4 is 23.6 Å². The van der Waals surface area contributed by atoms with Crippen LogP contribution in [0.1, 0.15) is 43.0 Å². The van der Waals surface area contributed by atoms with Crippen molar-refractivity contribution < 1.29 is 9.59 Å². The molecule has 2 amide bonds. The number of carbonyl (C=O) groups is 2. The highest BCUT2D eigenvalue weighted by molar-refractivity contribution is 7.99. The molecule has 0 fully saturated rings. The quantitative estimate of drug-likeness (QED) is 0.548. The fraction of sp³-hybridized carbons (Fsp3) is 0.462. The summed E-state index contributed by atoms with van der Waals surface area (Å²) in [6.45, 7) is 11.3. The fourth-order valence-corrected chi connectivity index (χ4v) is 4.36. The molecule has 0 saturated heterocycles. The zero-order valence-corrected chi connectivity index (χ0v) is 20.3. The molecule has 168 valence electrons. The second-order valence-corrected chi connectivity index (χ2v) is 9.61. The van der Waals surface area contributed by atoms with Gasteiger partial charge in [0.25, 0.3) is 0 Å². The van der Waals surface area contributed by atoms with E-state index in [-0.39, 0.29) is 11.8 Å². The smallest absolute Gasteiger partial charge is 0.242 e. The van der Waals surface area contributed by atoms with Crippen LogP contribution in [-0.2, 0) is 21.8 Å². The standard InChI is InChI=1S/C26H36N2O2S/c1-19(2)16-27-26(30)22(5)28(12-11-23-9-7-6-8-10-23)25(29)18-31-17-24-14-20(3)13-21(4)15-24/h6-10,13-15,19,22H,11-12,16-18H2,1-5H3,(H,27,30). The summed E-state index contributed by atoms with van der Waals surface area (Å²) in [6, 6.07) is 16.1. The van der Waals surface area contributed by atoms with Crippen molar-refractivity contribution in [2.24, 2.45) is 5.92 Å². The molecule has 0 bridgehead atoms. The molecular weight excluding hydrogens is 404 g/mol. The summed E-state index contributed by atoms with van der Waals surface area (Å²) in [6.07, 6.45) is 0.732. The van der Waals surface area contributed by atoms with Crippen LogP contribution in [0.25, 0.3) is 0 Å². The maximum atomic E-state index is 13.1. The molecular formula is C26H36N2O2S. The summed E-state index contributed by atoms with van der Waals surface area (Å²) in [5.74, 6) is 1.45. The third-order valence-electron chi connectivity index (χ3n) is 5.11. The lowest BCUT2D eigenvalue weighted by Gasteiger charge is -2.29. The molecule has 0 radical (unpaired) electrons. The maximum Gasteiger partial charge on any atom is 0.242 e. The number of amides is 2. The minimum absolute atomic E-state index is 0.0116. The van der Waals surface area contributed by atoms with E-state index >= 15 is 0 Å². The number of nitrogens with one attached hydrogen (secondary N) is 1. The Morgan fingerprint density at radius 3 is 2.23 bits per heavy atom. The van der Waals surface area contributed by atoms with E-state index in [2.05, 4.69) is 63.3 Å². The van der Waals surface area contributed by atoms with Crippen molar-refractivity contribution in [1.29, 1.82) is 0 Å². The zero-order chi connectivity index (χ0) is 22.8. The highest BCUT2D eigenvalue weighted by atomic mass is 32.2. The summed E-state index contributed by atoms with van der Waals surface area (Å²) in [5.41, 5.74) is 4.87. The van der Waals surface area contributed by atoms with Crippen molar-refractivity contribution in [3.05, 3.63) is 70.8 Å². The molecule has 0 aliphatic heterocycles. The minimum Gasteiger partial charge on any atom is -0.354 e. The van der Waals surface area contributed by atoms with Crippen LogP contribution in [0.5, 0.6) is 0 Å². The lowest BCUT2D eigenvalue weighted by Crippen LogP contribution is -2.50. The Hall–Kier alpha value is -2.27. The average Bonchev–Trinajstić information content (AvgIpc) is 2.72. The molecule has 2 aromatic rings. The molecule has 0 saturated carbocycles. The second kappa shape index (κ2) is 12.6. The first-order chi connectivity index (χ1) is 14.8. The zero-order valence-electron chi connectivity index (χ0n) is 19.5. The molecule has 1 atom stereocenters. The molecule has 0 spiro atoms. The van der Waals surface area contributed by atoms with Crippen molar-refractivity contribution in [3.63, 3.8) is 0 Å². The van der Waals surface area contributed by atoms with E-state index in [1.807, 2.05) is 25.1 Å². The van der Waals surface area contributed by atoms with Gasteiger partial charge in [0, 0.05) is 18.8 Å². The number of aryl methyl sites for hydroxylation is 2. The summed E-state index contributed by atoms with van der Waals surface area (Å²) in [5, 5.41) is 2.97. The first kappa shape index (κ1) is 25.0. The van der Waals surface area contributed by atoms with Gasteiger partial charge in [-0.2, -0.15) is 0 Å².